The predicted molar refractivity (Wildman–Crippen MR) is 71.2 cm³/mol. The van der Waals surface area contributed by atoms with Gasteiger partial charge in [-0.2, -0.15) is 0 Å². The Balaban J connectivity index is 2.70. The Hall–Kier alpha value is -1.88. The Labute approximate surface area is 111 Å². The molecule has 1 aromatic heterocycles. The third-order valence-electron chi connectivity index (χ3n) is 3.15. The second-order valence-corrected chi connectivity index (χ2v) is 4.71. The molecule has 0 fully saturated rings. The van der Waals surface area contributed by atoms with E-state index in [2.05, 4.69) is 4.74 Å². The molecule has 0 aliphatic carbocycles. The smallest absolute Gasteiger partial charge is 0.328 e. The minimum atomic E-state index is -0.917. The molecule has 0 saturated carbocycles. The van der Waals surface area contributed by atoms with E-state index in [1.165, 1.54) is 13.2 Å². The number of aromatic nitrogens is 1. The molecule has 5 heteroatoms. The van der Waals surface area contributed by atoms with Crippen molar-refractivity contribution < 1.29 is 13.9 Å². The number of esters is 1. The summed E-state index contributed by atoms with van der Waals surface area (Å²) in [6.07, 6.45) is 0. The molecule has 102 valence electrons. The molecule has 2 aromatic rings. The largest absolute Gasteiger partial charge is 0.468 e. The van der Waals surface area contributed by atoms with Crippen LogP contribution in [0, 0.1) is 5.82 Å². The molecule has 1 aromatic carbocycles. The van der Waals surface area contributed by atoms with Crippen molar-refractivity contribution in [1.29, 1.82) is 0 Å². The summed E-state index contributed by atoms with van der Waals surface area (Å²) in [5.74, 6) is -0.861. The number of carbonyl (C=O) groups excluding carboxylic acids is 1. The van der Waals surface area contributed by atoms with Gasteiger partial charge < -0.3 is 15.0 Å². The third kappa shape index (κ3) is 2.21. The summed E-state index contributed by atoms with van der Waals surface area (Å²) in [6.45, 7) is 3.91. The molecular weight excluding hydrogens is 247 g/mol. The Morgan fingerprint density at radius 3 is 2.68 bits per heavy atom. The van der Waals surface area contributed by atoms with Crippen molar-refractivity contribution in [2.75, 3.05) is 7.11 Å². The molecule has 0 bridgehead atoms. The van der Waals surface area contributed by atoms with Crippen LogP contribution in [0.5, 0.6) is 0 Å². The third-order valence-corrected chi connectivity index (χ3v) is 3.15. The highest BCUT2D eigenvalue weighted by Crippen LogP contribution is 2.29. The normalized spacial score (nSPS) is 12.9. The number of nitrogens with zero attached hydrogens (tertiary/aromatic N) is 1. The molecule has 1 atom stereocenters. The van der Waals surface area contributed by atoms with E-state index >= 15 is 0 Å². The average molecular weight is 264 g/mol. The second-order valence-electron chi connectivity index (χ2n) is 4.71. The first kappa shape index (κ1) is 13.5. The molecule has 0 aliphatic heterocycles. The summed E-state index contributed by atoms with van der Waals surface area (Å²) in [5, 5.41) is 0.463. The fourth-order valence-corrected chi connectivity index (χ4v) is 2.30. The minimum absolute atomic E-state index is 0.0602. The summed E-state index contributed by atoms with van der Waals surface area (Å²) in [6, 6.07) is 5.60. The van der Waals surface area contributed by atoms with E-state index in [9.17, 15) is 9.18 Å². The van der Waals surface area contributed by atoms with Crippen LogP contribution >= 0.6 is 0 Å². The highest BCUT2D eigenvalue weighted by Gasteiger charge is 2.24. The fraction of sp³-hybridized carbons (Fsp3) is 0.357. The average Bonchev–Trinajstić information content (AvgIpc) is 2.77. The maximum absolute atomic E-state index is 13.8. The molecule has 0 saturated heterocycles. The van der Waals surface area contributed by atoms with Gasteiger partial charge in [-0.25, -0.2) is 9.18 Å². The zero-order valence-electron chi connectivity index (χ0n) is 11.2. The summed E-state index contributed by atoms with van der Waals surface area (Å²) >= 11 is 0. The van der Waals surface area contributed by atoms with Crippen molar-refractivity contribution in [3.8, 4) is 0 Å². The van der Waals surface area contributed by atoms with E-state index in [1.54, 1.807) is 12.1 Å². The first-order chi connectivity index (χ1) is 8.97. The molecule has 0 spiro atoms. The van der Waals surface area contributed by atoms with Gasteiger partial charge in [0.05, 0.1) is 12.6 Å². The number of ether oxygens (including phenoxy) is 1. The van der Waals surface area contributed by atoms with Gasteiger partial charge in [-0.05, 0) is 32.0 Å². The monoisotopic (exact) mass is 264 g/mol. The molecule has 19 heavy (non-hydrogen) atoms. The zero-order chi connectivity index (χ0) is 14.2. The van der Waals surface area contributed by atoms with Gasteiger partial charge in [0, 0.05) is 17.1 Å². The quantitative estimate of drug-likeness (QED) is 0.867. The lowest BCUT2D eigenvalue weighted by Gasteiger charge is -2.17. The number of benzene rings is 1. The first-order valence-corrected chi connectivity index (χ1v) is 6.10. The van der Waals surface area contributed by atoms with Gasteiger partial charge in [-0.3, -0.25) is 0 Å². The van der Waals surface area contributed by atoms with Crippen molar-refractivity contribution >= 4 is 16.9 Å². The van der Waals surface area contributed by atoms with E-state index in [4.69, 9.17) is 5.73 Å². The number of hydrogen-bond acceptors (Lipinski definition) is 3. The number of halogens is 1. The number of carbonyl (C=O) groups is 1. The van der Waals surface area contributed by atoms with Crippen LogP contribution in [0.15, 0.2) is 24.3 Å². The highest BCUT2D eigenvalue weighted by molar-refractivity contribution is 5.85. The number of fused-ring (bicyclic) bond motifs is 1. The van der Waals surface area contributed by atoms with E-state index in [-0.39, 0.29) is 11.9 Å². The minimum Gasteiger partial charge on any atom is -0.468 e. The van der Waals surface area contributed by atoms with Crippen LogP contribution in [-0.2, 0) is 9.53 Å². The van der Waals surface area contributed by atoms with E-state index in [1.807, 2.05) is 24.5 Å². The topological polar surface area (TPSA) is 57.2 Å². The number of methoxy groups -OCH3 is 1. The Morgan fingerprint density at radius 2 is 2.11 bits per heavy atom. The standard InChI is InChI=1S/C14H17FN2O2/c1-8(2)17-11-6-4-5-10(15)9(11)7-12(17)13(16)14(18)19-3/h4-8,13H,16H2,1-3H3. The molecule has 2 N–H and O–H groups in total. The highest BCUT2D eigenvalue weighted by atomic mass is 19.1. The van der Waals surface area contributed by atoms with Gasteiger partial charge in [0.2, 0.25) is 0 Å². The van der Waals surface area contributed by atoms with Crippen molar-refractivity contribution in [3.63, 3.8) is 0 Å². The van der Waals surface area contributed by atoms with Crippen LogP contribution in [0.2, 0.25) is 0 Å². The van der Waals surface area contributed by atoms with Gasteiger partial charge in [0.25, 0.3) is 0 Å². The van der Waals surface area contributed by atoms with Gasteiger partial charge >= 0.3 is 5.97 Å². The lowest BCUT2D eigenvalue weighted by molar-refractivity contribution is -0.142. The van der Waals surface area contributed by atoms with Gasteiger partial charge in [-0.15, -0.1) is 0 Å². The van der Waals surface area contributed by atoms with Crippen LogP contribution < -0.4 is 5.73 Å². The van der Waals surface area contributed by atoms with Crippen molar-refractivity contribution in [2.45, 2.75) is 25.9 Å². The molecule has 2 rings (SSSR count). The first-order valence-electron chi connectivity index (χ1n) is 6.10. The summed E-state index contributed by atoms with van der Waals surface area (Å²) in [7, 11) is 1.28. The van der Waals surface area contributed by atoms with Crippen LogP contribution in [0.4, 0.5) is 4.39 Å². The lowest BCUT2D eigenvalue weighted by atomic mass is 10.2. The van der Waals surface area contributed by atoms with Crippen LogP contribution in [0.3, 0.4) is 0 Å². The maximum atomic E-state index is 13.8. The van der Waals surface area contributed by atoms with Gasteiger partial charge in [0.1, 0.15) is 11.9 Å². The second kappa shape index (κ2) is 5.01. The van der Waals surface area contributed by atoms with E-state index < -0.39 is 12.0 Å². The Bertz CT molecular complexity index is 619. The Kier molecular flexibility index (Phi) is 3.57. The van der Waals surface area contributed by atoms with Crippen LogP contribution in [0.1, 0.15) is 31.6 Å². The summed E-state index contributed by atoms with van der Waals surface area (Å²) in [4.78, 5) is 11.6. The molecule has 0 aliphatic rings. The van der Waals surface area contributed by atoms with Crippen molar-refractivity contribution in [3.05, 3.63) is 35.8 Å². The zero-order valence-corrected chi connectivity index (χ0v) is 11.2. The van der Waals surface area contributed by atoms with E-state index in [0.717, 1.165) is 5.52 Å². The van der Waals surface area contributed by atoms with E-state index in [0.29, 0.717) is 11.1 Å². The summed E-state index contributed by atoms with van der Waals surface area (Å²) < 4.78 is 20.3. The van der Waals surface area contributed by atoms with Gasteiger partial charge in [0.15, 0.2) is 0 Å². The Morgan fingerprint density at radius 1 is 1.42 bits per heavy atom. The molecular formula is C14H17FN2O2. The number of nitrogens with two attached hydrogens (primary N) is 1. The maximum Gasteiger partial charge on any atom is 0.328 e. The molecule has 1 heterocycles. The lowest BCUT2D eigenvalue weighted by Crippen LogP contribution is -2.25. The van der Waals surface area contributed by atoms with Gasteiger partial charge in [-0.1, -0.05) is 6.07 Å². The molecule has 4 nitrogen and oxygen atoms in total. The molecule has 0 radical (unpaired) electrons. The predicted octanol–water partition coefficient (Wildman–Crippen LogP) is 2.53. The van der Waals surface area contributed by atoms with Crippen molar-refractivity contribution in [1.82, 2.24) is 4.57 Å². The SMILES string of the molecule is COC(=O)C(N)c1cc2c(F)cccc2n1C(C)C. The fourth-order valence-electron chi connectivity index (χ4n) is 2.30. The summed E-state index contributed by atoms with van der Waals surface area (Å²) in [5.41, 5.74) is 7.17. The van der Waals surface area contributed by atoms with Crippen LogP contribution in [0.25, 0.3) is 10.9 Å². The molecule has 0 amide bonds. The van der Waals surface area contributed by atoms with Crippen molar-refractivity contribution in [2.24, 2.45) is 5.73 Å². The number of hydrogen-bond donors (Lipinski definition) is 1. The molecule has 1 unspecified atom stereocenters. The number of rotatable bonds is 3. The van der Waals surface area contributed by atoms with Crippen LogP contribution in [-0.4, -0.2) is 17.6 Å².